The summed E-state index contributed by atoms with van der Waals surface area (Å²) < 4.78 is 11.7. The van der Waals surface area contributed by atoms with Gasteiger partial charge in [0.05, 0.1) is 14.2 Å². The molecule has 1 saturated carbocycles. The minimum absolute atomic E-state index is 0.628. The summed E-state index contributed by atoms with van der Waals surface area (Å²) in [4.78, 5) is 0. The van der Waals surface area contributed by atoms with Crippen molar-refractivity contribution in [3.8, 4) is 11.5 Å². The van der Waals surface area contributed by atoms with Crippen molar-refractivity contribution < 1.29 is 9.47 Å². The van der Waals surface area contributed by atoms with E-state index in [1.807, 2.05) is 12.1 Å². The smallest absolute Gasteiger partial charge is 0.161 e. The van der Waals surface area contributed by atoms with E-state index >= 15 is 0 Å². The highest BCUT2D eigenvalue weighted by atomic mass is 79.9. The van der Waals surface area contributed by atoms with Crippen LogP contribution >= 0.6 is 15.9 Å². The fraction of sp³-hybridized carbons (Fsp3) is 0.625. The average Bonchev–Trinajstić information content (AvgIpc) is 2.47. The lowest BCUT2D eigenvalue weighted by Crippen LogP contribution is -2.36. The van der Waals surface area contributed by atoms with E-state index in [9.17, 15) is 0 Å². The van der Waals surface area contributed by atoms with Gasteiger partial charge in [-0.2, -0.15) is 0 Å². The van der Waals surface area contributed by atoms with Crippen LogP contribution in [0.25, 0.3) is 0 Å². The molecule has 1 aliphatic carbocycles. The summed E-state index contributed by atoms with van der Waals surface area (Å²) >= 11 is 3.62. The third-order valence-electron chi connectivity index (χ3n) is 4.22. The van der Waals surface area contributed by atoms with Gasteiger partial charge in [-0.15, -0.1) is 0 Å². The monoisotopic (exact) mass is 341 g/mol. The first kappa shape index (κ1) is 15.6. The van der Waals surface area contributed by atoms with E-state index in [1.165, 1.54) is 31.2 Å². The van der Waals surface area contributed by atoms with Crippen molar-refractivity contribution in [3.05, 3.63) is 22.2 Å². The van der Waals surface area contributed by atoms with E-state index < -0.39 is 0 Å². The number of hydrogen-bond acceptors (Lipinski definition) is 3. The molecule has 1 fully saturated rings. The summed E-state index contributed by atoms with van der Waals surface area (Å²) in [6.07, 6.45) is 5.34. The van der Waals surface area contributed by atoms with Crippen LogP contribution in [-0.4, -0.2) is 20.3 Å². The third-order valence-corrected chi connectivity index (χ3v) is 4.96. The Hall–Kier alpha value is -0.740. The molecule has 0 bridgehead atoms. The molecule has 1 N–H and O–H groups in total. The van der Waals surface area contributed by atoms with E-state index in [0.29, 0.717) is 6.04 Å². The topological polar surface area (TPSA) is 30.5 Å². The molecule has 0 amide bonds. The van der Waals surface area contributed by atoms with Gasteiger partial charge in [-0.05, 0) is 36.5 Å². The Labute approximate surface area is 130 Å². The zero-order valence-electron chi connectivity index (χ0n) is 12.5. The second-order valence-corrected chi connectivity index (χ2v) is 6.40. The van der Waals surface area contributed by atoms with Gasteiger partial charge in [0, 0.05) is 17.1 Å². The third kappa shape index (κ3) is 3.67. The zero-order valence-corrected chi connectivity index (χ0v) is 14.1. The standard InChI is InChI=1S/C16H24BrNO2/c1-11-6-4-5-7-14(11)18-10-12-8-15(19-2)16(20-3)9-13(12)17/h8-9,11,14,18H,4-7,10H2,1-3H3/t11-,14-/m1/s1. The van der Waals surface area contributed by atoms with E-state index in [-0.39, 0.29) is 0 Å². The van der Waals surface area contributed by atoms with E-state index in [1.54, 1.807) is 14.2 Å². The van der Waals surface area contributed by atoms with Crippen molar-refractivity contribution in [1.29, 1.82) is 0 Å². The zero-order chi connectivity index (χ0) is 14.5. The Balaban J connectivity index is 2.05. The van der Waals surface area contributed by atoms with Crippen LogP contribution in [0.2, 0.25) is 0 Å². The summed E-state index contributed by atoms with van der Waals surface area (Å²) in [6.45, 7) is 3.20. The summed E-state index contributed by atoms with van der Waals surface area (Å²) in [7, 11) is 3.33. The second kappa shape index (κ2) is 7.32. The van der Waals surface area contributed by atoms with Crippen LogP contribution in [0, 0.1) is 5.92 Å². The van der Waals surface area contributed by atoms with Crippen molar-refractivity contribution in [3.63, 3.8) is 0 Å². The minimum Gasteiger partial charge on any atom is -0.493 e. The van der Waals surface area contributed by atoms with Crippen LogP contribution in [0.15, 0.2) is 16.6 Å². The fourth-order valence-corrected chi connectivity index (χ4v) is 3.35. The summed E-state index contributed by atoms with van der Waals surface area (Å²) in [5, 5.41) is 3.69. The molecule has 4 heteroatoms. The van der Waals surface area contributed by atoms with Gasteiger partial charge in [-0.1, -0.05) is 35.7 Å². The molecule has 0 saturated heterocycles. The molecule has 0 spiro atoms. The largest absolute Gasteiger partial charge is 0.493 e. The molecule has 0 heterocycles. The number of ether oxygens (including phenoxy) is 2. The van der Waals surface area contributed by atoms with E-state index in [2.05, 4.69) is 28.2 Å². The predicted octanol–water partition coefficient (Wildman–Crippen LogP) is 4.13. The first-order valence-electron chi connectivity index (χ1n) is 7.29. The summed E-state index contributed by atoms with van der Waals surface area (Å²) in [5.74, 6) is 2.31. The van der Waals surface area contributed by atoms with Gasteiger partial charge in [0.1, 0.15) is 0 Å². The molecule has 0 aromatic heterocycles. The average molecular weight is 342 g/mol. The minimum atomic E-state index is 0.628. The van der Waals surface area contributed by atoms with Crippen molar-refractivity contribution in [2.24, 2.45) is 5.92 Å². The Morgan fingerprint density at radius 3 is 2.45 bits per heavy atom. The van der Waals surface area contributed by atoms with Crippen LogP contribution in [0.1, 0.15) is 38.2 Å². The van der Waals surface area contributed by atoms with Crippen molar-refractivity contribution >= 4 is 15.9 Å². The predicted molar refractivity (Wildman–Crippen MR) is 85.5 cm³/mol. The van der Waals surface area contributed by atoms with Gasteiger partial charge in [0.15, 0.2) is 11.5 Å². The number of benzene rings is 1. The van der Waals surface area contributed by atoms with Crippen molar-refractivity contribution in [2.75, 3.05) is 14.2 Å². The number of halogens is 1. The maximum absolute atomic E-state index is 5.37. The molecule has 112 valence electrons. The highest BCUT2D eigenvalue weighted by Crippen LogP contribution is 2.33. The van der Waals surface area contributed by atoms with Crippen LogP contribution in [0.5, 0.6) is 11.5 Å². The van der Waals surface area contributed by atoms with Gasteiger partial charge in [-0.25, -0.2) is 0 Å². The SMILES string of the molecule is COc1cc(Br)c(CN[C@@H]2CCCC[C@H]2C)cc1OC. The van der Waals surface area contributed by atoms with Gasteiger partial charge < -0.3 is 14.8 Å². The number of nitrogens with one attached hydrogen (secondary N) is 1. The van der Waals surface area contributed by atoms with Crippen molar-refractivity contribution in [1.82, 2.24) is 5.32 Å². The van der Waals surface area contributed by atoms with Gasteiger partial charge in [0.25, 0.3) is 0 Å². The molecular weight excluding hydrogens is 318 g/mol. The lowest BCUT2D eigenvalue weighted by Gasteiger charge is -2.30. The Morgan fingerprint density at radius 1 is 1.15 bits per heavy atom. The Kier molecular flexibility index (Phi) is 5.73. The molecule has 1 aromatic carbocycles. The maximum Gasteiger partial charge on any atom is 0.161 e. The summed E-state index contributed by atoms with van der Waals surface area (Å²) in [6, 6.07) is 4.65. The highest BCUT2D eigenvalue weighted by molar-refractivity contribution is 9.10. The van der Waals surface area contributed by atoms with Crippen LogP contribution < -0.4 is 14.8 Å². The van der Waals surface area contributed by atoms with Gasteiger partial charge in [0.2, 0.25) is 0 Å². The van der Waals surface area contributed by atoms with E-state index in [4.69, 9.17) is 9.47 Å². The highest BCUT2D eigenvalue weighted by Gasteiger charge is 2.21. The molecule has 0 unspecified atom stereocenters. The fourth-order valence-electron chi connectivity index (χ4n) is 2.89. The first-order chi connectivity index (χ1) is 9.65. The number of hydrogen-bond donors (Lipinski definition) is 1. The lowest BCUT2D eigenvalue weighted by molar-refractivity contribution is 0.279. The Bertz CT molecular complexity index is 450. The molecule has 0 radical (unpaired) electrons. The second-order valence-electron chi connectivity index (χ2n) is 5.55. The summed E-state index contributed by atoms with van der Waals surface area (Å²) in [5.41, 5.74) is 1.21. The number of rotatable bonds is 5. The molecular formula is C16H24BrNO2. The molecule has 3 nitrogen and oxygen atoms in total. The van der Waals surface area contributed by atoms with Crippen molar-refractivity contribution in [2.45, 2.75) is 45.2 Å². The molecule has 2 atom stereocenters. The van der Waals surface area contributed by atoms with Crippen LogP contribution in [-0.2, 0) is 6.54 Å². The number of methoxy groups -OCH3 is 2. The maximum atomic E-state index is 5.37. The van der Waals surface area contributed by atoms with Crippen LogP contribution in [0.3, 0.4) is 0 Å². The molecule has 20 heavy (non-hydrogen) atoms. The van der Waals surface area contributed by atoms with Gasteiger partial charge in [-0.3, -0.25) is 0 Å². The lowest BCUT2D eigenvalue weighted by atomic mass is 9.86. The van der Waals surface area contributed by atoms with Crippen LogP contribution in [0.4, 0.5) is 0 Å². The normalized spacial score (nSPS) is 22.6. The Morgan fingerprint density at radius 2 is 1.80 bits per heavy atom. The molecule has 1 aromatic rings. The first-order valence-corrected chi connectivity index (χ1v) is 8.08. The quantitative estimate of drug-likeness (QED) is 0.873. The van der Waals surface area contributed by atoms with E-state index in [0.717, 1.165) is 28.4 Å². The molecule has 1 aliphatic rings. The molecule has 0 aliphatic heterocycles. The van der Waals surface area contributed by atoms with Gasteiger partial charge >= 0.3 is 0 Å². The molecule has 2 rings (SSSR count).